The lowest BCUT2D eigenvalue weighted by Gasteiger charge is -2.19. The van der Waals surface area contributed by atoms with Gasteiger partial charge in [0.1, 0.15) is 5.70 Å². The molecule has 0 saturated carbocycles. The van der Waals surface area contributed by atoms with Gasteiger partial charge in [-0.3, -0.25) is 24.6 Å². The number of nitrogens with zero attached hydrogens (tertiary/aromatic N) is 3. The van der Waals surface area contributed by atoms with Crippen LogP contribution in [0.2, 0.25) is 0 Å². The molecular formula is C23H24N4O4. The highest BCUT2D eigenvalue weighted by Crippen LogP contribution is 2.33. The first kappa shape index (κ1) is 20.6. The summed E-state index contributed by atoms with van der Waals surface area (Å²) in [5.74, 6) is -0.818. The molecule has 0 aromatic heterocycles. The number of anilines is 2. The van der Waals surface area contributed by atoms with E-state index in [1.165, 1.54) is 42.0 Å². The topological polar surface area (TPSA) is 95.8 Å². The Kier molecular flexibility index (Phi) is 5.46. The number of nitrogens with one attached hydrogen (secondary N) is 1. The number of hydrogen-bond donors (Lipinski definition) is 1. The molecule has 0 radical (unpaired) electrons. The van der Waals surface area contributed by atoms with Crippen molar-refractivity contribution in [2.45, 2.75) is 32.7 Å². The van der Waals surface area contributed by atoms with Gasteiger partial charge in [-0.2, -0.15) is 0 Å². The van der Waals surface area contributed by atoms with Crippen molar-refractivity contribution in [3.8, 4) is 0 Å². The van der Waals surface area contributed by atoms with Crippen LogP contribution in [-0.4, -0.2) is 40.8 Å². The predicted octanol–water partition coefficient (Wildman–Crippen LogP) is 3.80. The number of amides is 2. The monoisotopic (exact) mass is 420 g/mol. The lowest BCUT2D eigenvalue weighted by atomic mass is 10.0. The fourth-order valence-electron chi connectivity index (χ4n) is 4.02. The molecule has 0 aliphatic carbocycles. The van der Waals surface area contributed by atoms with Gasteiger partial charge in [-0.15, -0.1) is 0 Å². The van der Waals surface area contributed by atoms with E-state index in [2.05, 4.69) is 10.2 Å². The van der Waals surface area contributed by atoms with E-state index in [1.807, 2.05) is 24.3 Å². The fraction of sp³-hybridized carbons (Fsp3) is 0.304. The van der Waals surface area contributed by atoms with Crippen LogP contribution in [0.3, 0.4) is 0 Å². The number of imide groups is 1. The van der Waals surface area contributed by atoms with E-state index in [-0.39, 0.29) is 23.0 Å². The molecule has 0 bridgehead atoms. The molecule has 2 aliphatic rings. The molecule has 2 heterocycles. The minimum absolute atomic E-state index is 0.0751. The van der Waals surface area contributed by atoms with Gasteiger partial charge in [-0.05, 0) is 68.7 Å². The van der Waals surface area contributed by atoms with Crippen molar-refractivity contribution in [3.05, 3.63) is 69.9 Å². The third-order valence-corrected chi connectivity index (χ3v) is 5.61. The summed E-state index contributed by atoms with van der Waals surface area (Å²) >= 11 is 0. The maximum atomic E-state index is 13.1. The molecule has 2 aromatic carbocycles. The van der Waals surface area contributed by atoms with Gasteiger partial charge < -0.3 is 10.2 Å². The van der Waals surface area contributed by atoms with Gasteiger partial charge in [0.2, 0.25) is 0 Å². The highest BCUT2D eigenvalue weighted by Gasteiger charge is 2.40. The third kappa shape index (κ3) is 3.88. The summed E-state index contributed by atoms with van der Waals surface area (Å²) < 4.78 is 0. The second-order valence-corrected chi connectivity index (χ2v) is 7.99. The molecule has 0 unspecified atom stereocenters. The summed E-state index contributed by atoms with van der Waals surface area (Å²) in [6.07, 6.45) is 2.38. The van der Waals surface area contributed by atoms with E-state index < -0.39 is 16.7 Å². The van der Waals surface area contributed by atoms with Crippen molar-refractivity contribution in [1.82, 2.24) is 4.90 Å². The number of hydrogen-bond acceptors (Lipinski definition) is 6. The molecule has 8 heteroatoms. The summed E-state index contributed by atoms with van der Waals surface area (Å²) in [4.78, 5) is 40.1. The standard InChI is InChI=1S/C23H24N4O4/c1-15(2)26-22(28)20(16-5-9-19(10-6-16)27(30)31)21(23(26)29)24-17-7-11-18(12-8-17)25-13-3-4-14-25/h5-12,15,24H,3-4,13-14H2,1-2H3. The lowest BCUT2D eigenvalue weighted by molar-refractivity contribution is -0.384. The van der Waals surface area contributed by atoms with Gasteiger partial charge in [0.25, 0.3) is 17.5 Å². The average molecular weight is 420 g/mol. The van der Waals surface area contributed by atoms with Crippen LogP contribution in [0.15, 0.2) is 54.2 Å². The van der Waals surface area contributed by atoms with Crippen LogP contribution >= 0.6 is 0 Å². The second kappa shape index (κ2) is 8.22. The molecule has 31 heavy (non-hydrogen) atoms. The minimum atomic E-state index is -0.499. The first-order chi connectivity index (χ1) is 14.9. The van der Waals surface area contributed by atoms with Crippen molar-refractivity contribution in [3.63, 3.8) is 0 Å². The Balaban J connectivity index is 1.68. The predicted molar refractivity (Wildman–Crippen MR) is 119 cm³/mol. The summed E-state index contributed by atoms with van der Waals surface area (Å²) in [6, 6.07) is 13.1. The van der Waals surface area contributed by atoms with Crippen molar-refractivity contribution < 1.29 is 14.5 Å². The van der Waals surface area contributed by atoms with Crippen LogP contribution in [0, 0.1) is 10.1 Å². The van der Waals surface area contributed by atoms with Crippen LogP contribution < -0.4 is 10.2 Å². The van der Waals surface area contributed by atoms with Gasteiger partial charge in [0, 0.05) is 42.6 Å². The largest absolute Gasteiger partial charge is 0.372 e. The van der Waals surface area contributed by atoms with Gasteiger partial charge in [-0.1, -0.05) is 0 Å². The zero-order valence-corrected chi connectivity index (χ0v) is 17.5. The molecule has 2 aromatic rings. The van der Waals surface area contributed by atoms with Crippen LogP contribution in [0.25, 0.3) is 5.57 Å². The maximum Gasteiger partial charge on any atom is 0.278 e. The van der Waals surface area contributed by atoms with E-state index in [0.717, 1.165) is 18.8 Å². The smallest absolute Gasteiger partial charge is 0.278 e. The van der Waals surface area contributed by atoms with Gasteiger partial charge in [-0.25, -0.2) is 0 Å². The average Bonchev–Trinajstić information content (AvgIpc) is 3.36. The Morgan fingerprint density at radius 1 is 0.935 bits per heavy atom. The number of non-ortho nitro benzene ring substituents is 1. The normalized spacial score (nSPS) is 16.6. The first-order valence-electron chi connectivity index (χ1n) is 10.4. The highest BCUT2D eigenvalue weighted by molar-refractivity contribution is 6.36. The minimum Gasteiger partial charge on any atom is -0.372 e. The third-order valence-electron chi connectivity index (χ3n) is 5.61. The number of nitro groups is 1. The number of carbonyl (C=O) groups excluding carboxylic acids is 2. The van der Waals surface area contributed by atoms with Gasteiger partial charge >= 0.3 is 0 Å². The molecule has 4 rings (SSSR count). The zero-order valence-electron chi connectivity index (χ0n) is 17.5. The fourth-order valence-corrected chi connectivity index (χ4v) is 4.02. The van der Waals surface area contributed by atoms with Gasteiger partial charge in [0.15, 0.2) is 0 Å². The Morgan fingerprint density at radius 2 is 1.55 bits per heavy atom. The van der Waals surface area contributed by atoms with Crippen LogP contribution in [-0.2, 0) is 9.59 Å². The molecule has 1 fully saturated rings. The highest BCUT2D eigenvalue weighted by atomic mass is 16.6. The first-order valence-corrected chi connectivity index (χ1v) is 10.4. The van der Waals surface area contributed by atoms with E-state index in [4.69, 9.17) is 0 Å². The quantitative estimate of drug-likeness (QED) is 0.434. The van der Waals surface area contributed by atoms with Gasteiger partial charge in [0.05, 0.1) is 10.5 Å². The number of benzene rings is 2. The number of carbonyl (C=O) groups is 2. The molecule has 8 nitrogen and oxygen atoms in total. The van der Waals surface area contributed by atoms with Crippen molar-refractivity contribution in [1.29, 1.82) is 0 Å². The molecule has 2 amide bonds. The van der Waals surface area contributed by atoms with Crippen LogP contribution in [0.5, 0.6) is 0 Å². The lowest BCUT2D eigenvalue weighted by Crippen LogP contribution is -2.38. The number of rotatable bonds is 6. The molecule has 0 atom stereocenters. The Bertz CT molecular complexity index is 1050. The van der Waals surface area contributed by atoms with E-state index in [9.17, 15) is 19.7 Å². The number of nitro benzene ring substituents is 1. The van der Waals surface area contributed by atoms with Crippen molar-refractivity contribution in [2.75, 3.05) is 23.3 Å². The Morgan fingerprint density at radius 3 is 2.10 bits per heavy atom. The van der Waals surface area contributed by atoms with Crippen LogP contribution in [0.1, 0.15) is 32.3 Å². The molecule has 160 valence electrons. The Labute approximate surface area is 180 Å². The van der Waals surface area contributed by atoms with E-state index in [1.54, 1.807) is 13.8 Å². The summed E-state index contributed by atoms with van der Waals surface area (Å²) in [5.41, 5.74) is 2.62. The molecule has 0 spiro atoms. The summed E-state index contributed by atoms with van der Waals surface area (Å²) in [6.45, 7) is 5.63. The molecular weight excluding hydrogens is 396 g/mol. The Hall–Kier alpha value is -3.68. The second-order valence-electron chi connectivity index (χ2n) is 7.99. The zero-order chi connectivity index (χ0) is 22.1. The molecule has 1 N–H and O–H groups in total. The summed E-state index contributed by atoms with van der Waals surface area (Å²) in [5, 5.41) is 14.1. The molecule has 2 aliphatic heterocycles. The van der Waals surface area contributed by atoms with E-state index >= 15 is 0 Å². The van der Waals surface area contributed by atoms with Crippen LogP contribution in [0.4, 0.5) is 17.1 Å². The van der Waals surface area contributed by atoms with Crippen molar-refractivity contribution >= 4 is 34.4 Å². The molecule has 1 saturated heterocycles. The summed E-state index contributed by atoms with van der Waals surface area (Å²) in [7, 11) is 0. The maximum absolute atomic E-state index is 13.1. The SMILES string of the molecule is CC(C)N1C(=O)C(Nc2ccc(N3CCCC3)cc2)=C(c2ccc([N+](=O)[O-])cc2)C1=O. The van der Waals surface area contributed by atoms with Crippen molar-refractivity contribution in [2.24, 2.45) is 0 Å². The van der Waals surface area contributed by atoms with E-state index in [0.29, 0.717) is 11.3 Å².